The predicted octanol–water partition coefficient (Wildman–Crippen LogP) is 3.71. The van der Waals surface area contributed by atoms with Crippen molar-refractivity contribution in [2.24, 2.45) is 5.92 Å². The lowest BCUT2D eigenvalue weighted by molar-refractivity contribution is -0.384. The molecule has 40 heavy (non-hydrogen) atoms. The molecule has 2 aromatic rings. The van der Waals surface area contributed by atoms with Crippen LogP contribution in [0.5, 0.6) is 11.5 Å². The van der Waals surface area contributed by atoms with Crippen LogP contribution in [0.25, 0.3) is 6.08 Å². The third-order valence-corrected chi connectivity index (χ3v) is 7.78. The maximum absolute atomic E-state index is 13.4. The summed E-state index contributed by atoms with van der Waals surface area (Å²) >= 11 is 0. The summed E-state index contributed by atoms with van der Waals surface area (Å²) in [5, 5.41) is 23.5. The van der Waals surface area contributed by atoms with Crippen LogP contribution < -0.4 is 14.8 Å². The Balaban J connectivity index is 2.02. The van der Waals surface area contributed by atoms with Gasteiger partial charge in [-0.05, 0) is 55.5 Å². The summed E-state index contributed by atoms with van der Waals surface area (Å²) in [6.45, 7) is 3.74. The molecule has 0 saturated carbocycles. The average Bonchev–Trinajstić information content (AvgIpc) is 2.92. The molecule has 0 bridgehead atoms. The van der Waals surface area contributed by atoms with Gasteiger partial charge in [0.2, 0.25) is 15.9 Å². The molecule has 1 atom stereocenters. The second-order valence-corrected chi connectivity index (χ2v) is 11.2. The quantitative estimate of drug-likeness (QED) is 0.131. The number of sulfonamides is 1. The first kappa shape index (κ1) is 32.2. The van der Waals surface area contributed by atoms with Crippen LogP contribution in [0, 0.1) is 16.0 Å². The molecular weight excluding hydrogens is 542 g/mol. The highest BCUT2D eigenvalue weighted by Crippen LogP contribution is 2.26. The Bertz CT molecular complexity index is 1310. The monoisotopic (exact) mass is 577 g/mol. The van der Waals surface area contributed by atoms with Crippen molar-refractivity contribution < 1.29 is 37.5 Å². The normalized spacial score (nSPS) is 12.4. The van der Waals surface area contributed by atoms with E-state index in [9.17, 15) is 33.2 Å². The minimum absolute atomic E-state index is 0.0169. The molecule has 218 valence electrons. The number of nitro benzene ring substituents is 1. The van der Waals surface area contributed by atoms with Crippen LogP contribution >= 0.6 is 0 Å². The summed E-state index contributed by atoms with van der Waals surface area (Å²) < 4.78 is 38.1. The van der Waals surface area contributed by atoms with E-state index in [-0.39, 0.29) is 41.9 Å². The van der Waals surface area contributed by atoms with Crippen molar-refractivity contribution in [3.8, 4) is 11.5 Å². The van der Waals surface area contributed by atoms with Crippen LogP contribution in [0.15, 0.2) is 53.4 Å². The van der Waals surface area contributed by atoms with Crippen molar-refractivity contribution in [2.75, 3.05) is 27.3 Å². The van der Waals surface area contributed by atoms with Gasteiger partial charge in [0.25, 0.3) is 5.69 Å². The molecule has 0 aromatic heterocycles. The molecule has 2 rings (SSSR count). The highest BCUT2D eigenvalue weighted by molar-refractivity contribution is 7.89. The standard InChI is InChI=1S/C27H35N3O9S/c1-19(2)18-29(40(36,37)23-13-10-21(11-14-23)30(34)35)24(27(32)33)7-5-6-16-28-26(31)15-9-20-8-12-22(38-3)17-25(20)39-4/h8-15,17,19,24H,5-7,16,18H2,1-4H3,(H,28,31)(H,32,33)/t24-/m0/s1. The number of benzene rings is 2. The summed E-state index contributed by atoms with van der Waals surface area (Å²) in [6, 6.07) is 8.18. The van der Waals surface area contributed by atoms with Gasteiger partial charge in [0, 0.05) is 42.9 Å². The van der Waals surface area contributed by atoms with E-state index in [4.69, 9.17) is 9.47 Å². The molecule has 0 aliphatic carbocycles. The van der Waals surface area contributed by atoms with Gasteiger partial charge in [-0.3, -0.25) is 19.7 Å². The molecule has 2 aromatic carbocycles. The maximum atomic E-state index is 13.4. The fraction of sp³-hybridized carbons (Fsp3) is 0.407. The van der Waals surface area contributed by atoms with Crippen molar-refractivity contribution in [3.05, 3.63) is 64.2 Å². The zero-order chi connectivity index (χ0) is 29.9. The summed E-state index contributed by atoms with van der Waals surface area (Å²) in [7, 11) is -1.20. The number of nitrogens with one attached hydrogen (secondary N) is 1. The first-order chi connectivity index (χ1) is 18.9. The van der Waals surface area contributed by atoms with Gasteiger partial charge in [0.1, 0.15) is 17.5 Å². The van der Waals surface area contributed by atoms with E-state index in [0.717, 1.165) is 28.6 Å². The molecule has 0 fully saturated rings. The Morgan fingerprint density at radius 1 is 1.10 bits per heavy atom. The number of amides is 1. The van der Waals surface area contributed by atoms with E-state index in [1.54, 1.807) is 38.1 Å². The first-order valence-corrected chi connectivity index (χ1v) is 14.0. The van der Waals surface area contributed by atoms with Crippen molar-refractivity contribution in [3.63, 3.8) is 0 Å². The minimum Gasteiger partial charge on any atom is -0.497 e. The molecule has 0 radical (unpaired) electrons. The second kappa shape index (κ2) is 15.0. The van der Waals surface area contributed by atoms with Gasteiger partial charge in [-0.25, -0.2) is 8.42 Å². The number of ether oxygens (including phenoxy) is 2. The fourth-order valence-corrected chi connectivity index (χ4v) is 5.65. The van der Waals surface area contributed by atoms with Gasteiger partial charge in [0.05, 0.1) is 24.0 Å². The topological polar surface area (TPSA) is 165 Å². The average molecular weight is 578 g/mol. The lowest BCUT2D eigenvalue weighted by Crippen LogP contribution is -2.46. The smallest absolute Gasteiger partial charge is 0.322 e. The van der Waals surface area contributed by atoms with Gasteiger partial charge in [-0.15, -0.1) is 0 Å². The number of non-ortho nitro benzene ring substituents is 1. The van der Waals surface area contributed by atoms with Gasteiger partial charge in [-0.1, -0.05) is 13.8 Å². The number of unbranched alkanes of at least 4 members (excludes halogenated alkanes) is 1. The maximum Gasteiger partial charge on any atom is 0.322 e. The van der Waals surface area contributed by atoms with Gasteiger partial charge >= 0.3 is 5.97 Å². The Labute approximate surface area is 233 Å². The summed E-state index contributed by atoms with van der Waals surface area (Å²) in [5.74, 6) is -0.671. The van der Waals surface area contributed by atoms with Crippen LogP contribution in [0.1, 0.15) is 38.7 Å². The Hall–Kier alpha value is -3.97. The number of rotatable bonds is 16. The highest BCUT2D eigenvalue weighted by atomic mass is 32.2. The molecule has 0 aliphatic heterocycles. The van der Waals surface area contributed by atoms with Crippen molar-refractivity contribution in [2.45, 2.75) is 44.0 Å². The number of carbonyl (C=O) groups is 2. The van der Waals surface area contributed by atoms with Crippen LogP contribution in [-0.2, 0) is 19.6 Å². The van der Waals surface area contributed by atoms with Gasteiger partial charge in [-0.2, -0.15) is 4.31 Å². The number of aliphatic carboxylic acids is 1. The summed E-state index contributed by atoms with van der Waals surface area (Å²) in [4.78, 5) is 34.4. The van der Waals surface area contributed by atoms with E-state index in [2.05, 4.69) is 5.32 Å². The van der Waals surface area contributed by atoms with Gasteiger partial charge in [0.15, 0.2) is 0 Å². The lowest BCUT2D eigenvalue weighted by atomic mass is 10.1. The van der Waals surface area contributed by atoms with Crippen molar-refractivity contribution in [1.29, 1.82) is 0 Å². The molecule has 12 nitrogen and oxygen atoms in total. The van der Waals surface area contributed by atoms with Crippen molar-refractivity contribution in [1.82, 2.24) is 9.62 Å². The van der Waals surface area contributed by atoms with E-state index in [1.165, 1.54) is 20.3 Å². The largest absolute Gasteiger partial charge is 0.497 e. The lowest BCUT2D eigenvalue weighted by Gasteiger charge is -2.29. The number of nitrogens with zero attached hydrogens (tertiary/aromatic N) is 2. The number of methoxy groups -OCH3 is 2. The third-order valence-electron chi connectivity index (χ3n) is 5.89. The zero-order valence-electron chi connectivity index (χ0n) is 22.9. The van der Waals surface area contributed by atoms with Crippen LogP contribution in [0.3, 0.4) is 0 Å². The number of carbonyl (C=O) groups excluding carboxylic acids is 1. The molecular formula is C27H35N3O9S. The molecule has 0 saturated heterocycles. The van der Waals surface area contributed by atoms with Crippen LogP contribution in [0.4, 0.5) is 5.69 Å². The number of carboxylic acids is 1. The van der Waals surface area contributed by atoms with Crippen LogP contribution in [0.2, 0.25) is 0 Å². The Kier molecular flexibility index (Phi) is 12.1. The number of hydrogen-bond donors (Lipinski definition) is 2. The summed E-state index contributed by atoms with van der Waals surface area (Å²) in [6.07, 6.45) is 3.72. The van der Waals surface area contributed by atoms with E-state index in [0.29, 0.717) is 29.9 Å². The van der Waals surface area contributed by atoms with E-state index < -0.39 is 27.0 Å². The number of carboxylic acid groups (broad SMARTS) is 1. The SMILES string of the molecule is COc1ccc(C=CC(=O)NCCCC[C@@H](C(=O)O)N(CC(C)C)S(=O)(=O)c2ccc([N+](=O)[O-])cc2)c(OC)c1. The van der Waals surface area contributed by atoms with E-state index >= 15 is 0 Å². The molecule has 0 spiro atoms. The molecule has 2 N–H and O–H groups in total. The molecule has 0 heterocycles. The number of nitro groups is 1. The number of hydrogen-bond acceptors (Lipinski definition) is 8. The Morgan fingerprint density at radius 3 is 2.33 bits per heavy atom. The predicted molar refractivity (Wildman–Crippen MR) is 149 cm³/mol. The molecule has 0 unspecified atom stereocenters. The molecule has 1 amide bonds. The molecule has 0 aliphatic rings. The zero-order valence-corrected chi connectivity index (χ0v) is 23.7. The summed E-state index contributed by atoms with van der Waals surface area (Å²) in [5.41, 5.74) is 0.409. The highest BCUT2D eigenvalue weighted by Gasteiger charge is 2.36. The second-order valence-electron chi connectivity index (χ2n) is 9.30. The van der Waals surface area contributed by atoms with Gasteiger partial charge < -0.3 is 19.9 Å². The Morgan fingerprint density at radius 2 is 1.77 bits per heavy atom. The van der Waals surface area contributed by atoms with Crippen LogP contribution in [-0.4, -0.2) is 68.0 Å². The molecule has 13 heteroatoms. The fourth-order valence-electron chi connectivity index (χ4n) is 3.87. The minimum atomic E-state index is -4.25. The van der Waals surface area contributed by atoms with Crippen molar-refractivity contribution >= 4 is 33.7 Å². The first-order valence-electron chi connectivity index (χ1n) is 12.6. The third kappa shape index (κ3) is 9.06. The van der Waals surface area contributed by atoms with E-state index in [1.807, 2.05) is 0 Å².